The minimum absolute atomic E-state index is 0.201. The number of carbonyl (C=O) groups is 1. The monoisotopic (exact) mass is 380 g/mol. The van der Waals surface area contributed by atoms with Crippen LogP contribution in [0.3, 0.4) is 0 Å². The molecule has 1 aromatic carbocycles. The first kappa shape index (κ1) is 18.4. The van der Waals surface area contributed by atoms with Crippen molar-refractivity contribution >= 4 is 27.5 Å². The molecule has 3 aromatic rings. The fourth-order valence-electron chi connectivity index (χ4n) is 2.52. The van der Waals surface area contributed by atoms with Gasteiger partial charge in [0.25, 0.3) is 5.91 Å². The van der Waals surface area contributed by atoms with E-state index in [1.54, 1.807) is 21.5 Å². The van der Waals surface area contributed by atoms with E-state index in [2.05, 4.69) is 10.1 Å². The van der Waals surface area contributed by atoms with Crippen LogP contribution in [0.2, 0.25) is 0 Å². The summed E-state index contributed by atoms with van der Waals surface area (Å²) in [4.78, 5) is 16.8. The minimum atomic E-state index is -0.697. The third-order valence-electron chi connectivity index (χ3n) is 3.74. The molecule has 9 heteroatoms. The Labute approximate surface area is 152 Å². The van der Waals surface area contributed by atoms with Gasteiger partial charge < -0.3 is 9.30 Å². The lowest BCUT2D eigenvalue weighted by atomic mass is 10.3. The number of carbonyl (C=O) groups excluding carboxylic acids is 1. The molecule has 2 heterocycles. The molecule has 138 valence electrons. The number of hydrogen-bond acceptors (Lipinski definition) is 4. The molecule has 0 unspecified atom stereocenters. The van der Waals surface area contributed by atoms with Crippen LogP contribution in [-0.4, -0.2) is 33.5 Å². The Morgan fingerprint density at radius 2 is 2.15 bits per heavy atom. The Balaban J connectivity index is 2.09. The van der Waals surface area contributed by atoms with Crippen LogP contribution in [0.5, 0.6) is 0 Å². The van der Waals surface area contributed by atoms with Crippen LogP contribution in [-0.2, 0) is 17.8 Å². The summed E-state index contributed by atoms with van der Waals surface area (Å²) in [7, 11) is 0. The molecule has 3 rings (SSSR count). The van der Waals surface area contributed by atoms with Gasteiger partial charge in [0.05, 0.1) is 16.8 Å². The van der Waals surface area contributed by atoms with Crippen molar-refractivity contribution in [3.63, 3.8) is 0 Å². The van der Waals surface area contributed by atoms with Gasteiger partial charge in [-0.15, -0.1) is 0 Å². The molecule has 0 aliphatic carbocycles. The lowest BCUT2D eigenvalue weighted by Crippen LogP contribution is -2.20. The van der Waals surface area contributed by atoms with Gasteiger partial charge in [0.15, 0.2) is 16.3 Å². The van der Waals surface area contributed by atoms with Crippen LogP contribution in [0, 0.1) is 11.6 Å². The first-order valence-electron chi connectivity index (χ1n) is 8.22. The maximum absolute atomic E-state index is 14.3. The highest BCUT2D eigenvalue weighted by molar-refractivity contribution is 7.16. The molecule has 0 atom stereocenters. The molecular weight excluding hydrogens is 362 g/mol. The van der Waals surface area contributed by atoms with E-state index in [1.165, 1.54) is 6.07 Å². The number of aryl methyl sites for hydroxylation is 1. The highest BCUT2D eigenvalue weighted by Crippen LogP contribution is 2.22. The van der Waals surface area contributed by atoms with Crippen molar-refractivity contribution in [3.05, 3.63) is 46.5 Å². The number of benzene rings is 1. The summed E-state index contributed by atoms with van der Waals surface area (Å²) >= 11 is 1.05. The van der Waals surface area contributed by atoms with Crippen molar-refractivity contribution < 1.29 is 18.3 Å². The molecule has 0 N–H and O–H groups in total. The second kappa shape index (κ2) is 7.88. The van der Waals surface area contributed by atoms with Crippen molar-refractivity contribution in [1.29, 1.82) is 0 Å². The SMILES string of the molecule is CCOCCn1c(=NC(=O)c2ccn(CC)n2)sc2cc(F)cc(F)c21. The summed E-state index contributed by atoms with van der Waals surface area (Å²) < 4.78 is 36.7. The smallest absolute Gasteiger partial charge is 0.300 e. The lowest BCUT2D eigenvalue weighted by Gasteiger charge is -2.06. The van der Waals surface area contributed by atoms with Crippen LogP contribution >= 0.6 is 11.3 Å². The summed E-state index contributed by atoms with van der Waals surface area (Å²) in [6.07, 6.45) is 1.69. The van der Waals surface area contributed by atoms with Crippen LogP contribution in [0.15, 0.2) is 29.4 Å². The molecule has 0 fully saturated rings. The Hall–Kier alpha value is -2.39. The lowest BCUT2D eigenvalue weighted by molar-refractivity contribution is 0.0991. The minimum Gasteiger partial charge on any atom is -0.380 e. The third kappa shape index (κ3) is 3.73. The van der Waals surface area contributed by atoms with Gasteiger partial charge in [-0.2, -0.15) is 10.1 Å². The van der Waals surface area contributed by atoms with Crippen molar-refractivity contribution in [3.8, 4) is 0 Å². The van der Waals surface area contributed by atoms with Crippen LogP contribution in [0.25, 0.3) is 10.2 Å². The fourth-order valence-corrected chi connectivity index (χ4v) is 3.61. The molecule has 6 nitrogen and oxygen atoms in total. The zero-order valence-electron chi connectivity index (χ0n) is 14.4. The van der Waals surface area contributed by atoms with E-state index >= 15 is 0 Å². The van der Waals surface area contributed by atoms with Crippen molar-refractivity contribution in [2.75, 3.05) is 13.2 Å². The van der Waals surface area contributed by atoms with Gasteiger partial charge in [-0.05, 0) is 26.0 Å². The summed E-state index contributed by atoms with van der Waals surface area (Å²) in [5.74, 6) is -1.90. The fraction of sp³-hybridized carbons (Fsp3) is 0.353. The number of aromatic nitrogens is 3. The molecule has 2 aromatic heterocycles. The molecule has 1 amide bonds. The first-order valence-corrected chi connectivity index (χ1v) is 9.03. The largest absolute Gasteiger partial charge is 0.380 e. The molecule has 0 saturated heterocycles. The molecule has 0 bridgehead atoms. The van der Waals surface area contributed by atoms with Gasteiger partial charge in [0.2, 0.25) is 0 Å². The maximum atomic E-state index is 14.3. The van der Waals surface area contributed by atoms with Gasteiger partial charge in [-0.1, -0.05) is 11.3 Å². The average Bonchev–Trinajstić information content (AvgIpc) is 3.20. The van der Waals surface area contributed by atoms with E-state index in [9.17, 15) is 13.6 Å². The number of ether oxygens (including phenoxy) is 1. The van der Waals surface area contributed by atoms with Crippen molar-refractivity contribution in [2.45, 2.75) is 26.9 Å². The molecular formula is C17H18F2N4O2S. The van der Waals surface area contributed by atoms with Crippen molar-refractivity contribution in [1.82, 2.24) is 14.3 Å². The second-order valence-electron chi connectivity index (χ2n) is 5.44. The normalized spacial score (nSPS) is 12.2. The Morgan fingerprint density at radius 1 is 1.35 bits per heavy atom. The average molecular weight is 380 g/mol. The molecule has 0 aliphatic heterocycles. The van der Waals surface area contributed by atoms with Gasteiger partial charge >= 0.3 is 0 Å². The van der Waals surface area contributed by atoms with Crippen molar-refractivity contribution in [2.24, 2.45) is 4.99 Å². The number of thiazole rings is 1. The predicted octanol–water partition coefficient (Wildman–Crippen LogP) is 2.98. The third-order valence-corrected chi connectivity index (χ3v) is 4.76. The molecule has 0 radical (unpaired) electrons. The van der Waals surface area contributed by atoms with Crippen LogP contribution in [0.4, 0.5) is 8.78 Å². The highest BCUT2D eigenvalue weighted by atomic mass is 32.1. The molecule has 0 spiro atoms. The van der Waals surface area contributed by atoms with Gasteiger partial charge in [-0.3, -0.25) is 9.48 Å². The number of rotatable bonds is 6. The summed E-state index contributed by atoms with van der Waals surface area (Å²) in [6.45, 7) is 5.53. The van der Waals surface area contributed by atoms with E-state index in [4.69, 9.17) is 4.74 Å². The zero-order valence-corrected chi connectivity index (χ0v) is 15.2. The predicted molar refractivity (Wildman–Crippen MR) is 94.0 cm³/mol. The standard InChI is InChI=1S/C17H18F2N4O2S/c1-3-22-6-5-13(21-22)16(24)20-17-23(7-8-25-4-2)15-12(19)9-11(18)10-14(15)26-17/h5-6,9-10H,3-4,7-8H2,1-2H3. The second-order valence-corrected chi connectivity index (χ2v) is 6.45. The number of amides is 1. The van der Waals surface area contributed by atoms with E-state index in [0.717, 1.165) is 17.4 Å². The Bertz CT molecular complexity index is 1010. The summed E-state index contributed by atoms with van der Waals surface area (Å²) in [5, 5.41) is 4.13. The van der Waals surface area contributed by atoms with E-state index < -0.39 is 17.5 Å². The Morgan fingerprint density at radius 3 is 2.85 bits per heavy atom. The summed E-state index contributed by atoms with van der Waals surface area (Å²) in [6, 6.07) is 3.63. The van der Waals surface area contributed by atoms with Gasteiger partial charge in [0, 0.05) is 32.0 Å². The van der Waals surface area contributed by atoms with Gasteiger partial charge in [0.1, 0.15) is 5.82 Å². The van der Waals surface area contributed by atoms with Crippen LogP contribution in [0.1, 0.15) is 24.3 Å². The number of halogens is 2. The topological polar surface area (TPSA) is 61.4 Å². The number of nitrogens with zero attached hydrogens (tertiary/aromatic N) is 4. The van der Waals surface area contributed by atoms with E-state index in [-0.39, 0.29) is 16.0 Å². The maximum Gasteiger partial charge on any atom is 0.300 e. The quantitative estimate of drug-likeness (QED) is 0.618. The highest BCUT2D eigenvalue weighted by Gasteiger charge is 2.15. The van der Waals surface area contributed by atoms with Gasteiger partial charge in [-0.25, -0.2) is 8.78 Å². The number of fused-ring (bicyclic) bond motifs is 1. The molecule has 0 aliphatic rings. The van der Waals surface area contributed by atoms with E-state index in [1.807, 2.05) is 13.8 Å². The Kier molecular flexibility index (Phi) is 5.58. The first-order chi connectivity index (χ1) is 12.5. The van der Waals surface area contributed by atoms with Crippen LogP contribution < -0.4 is 4.80 Å². The summed E-state index contributed by atoms with van der Waals surface area (Å²) in [5.41, 5.74) is 0.411. The van der Waals surface area contributed by atoms with E-state index in [0.29, 0.717) is 31.0 Å². The number of hydrogen-bond donors (Lipinski definition) is 0. The zero-order chi connectivity index (χ0) is 18.7. The molecule has 0 saturated carbocycles. The molecule has 26 heavy (non-hydrogen) atoms.